The minimum Gasteiger partial charge on any atom is -0.351 e. The molecule has 2 heterocycles. The van der Waals surface area contributed by atoms with Crippen molar-refractivity contribution in [2.24, 2.45) is 0 Å². The number of nitriles is 1. The van der Waals surface area contributed by atoms with Crippen LogP contribution in [-0.4, -0.2) is 40.7 Å². The molecular formula is C29H21Cl2F4N5O3. The molecule has 2 aliphatic rings. The van der Waals surface area contributed by atoms with E-state index >= 15 is 0 Å². The summed E-state index contributed by atoms with van der Waals surface area (Å²) in [6.07, 6.45) is -0.195. The Balaban J connectivity index is 1.64. The number of rotatable bonds is 7. The van der Waals surface area contributed by atoms with E-state index in [1.165, 1.54) is 36.5 Å². The zero-order valence-electron chi connectivity index (χ0n) is 22.0. The van der Waals surface area contributed by atoms with E-state index in [-0.39, 0.29) is 39.8 Å². The van der Waals surface area contributed by atoms with Gasteiger partial charge in [-0.1, -0.05) is 29.3 Å². The Hall–Kier alpha value is -4.21. The molecule has 2 unspecified atom stereocenters. The molecule has 2 fully saturated rings. The molecule has 1 saturated heterocycles. The normalized spacial score (nSPS) is 18.5. The number of anilines is 2. The Kier molecular flexibility index (Phi) is 8.31. The van der Waals surface area contributed by atoms with Crippen LogP contribution in [0.1, 0.15) is 42.9 Å². The summed E-state index contributed by atoms with van der Waals surface area (Å²) < 4.78 is 56.4. The monoisotopic (exact) mass is 633 g/mol. The Morgan fingerprint density at radius 3 is 2.42 bits per heavy atom. The van der Waals surface area contributed by atoms with Crippen LogP contribution in [0.15, 0.2) is 54.7 Å². The quantitative estimate of drug-likeness (QED) is 0.335. The van der Waals surface area contributed by atoms with Crippen molar-refractivity contribution in [3.8, 4) is 6.07 Å². The number of nitrogens with one attached hydrogen (secondary N) is 1. The van der Waals surface area contributed by atoms with Crippen molar-refractivity contribution in [3.63, 3.8) is 0 Å². The van der Waals surface area contributed by atoms with Crippen molar-refractivity contribution < 1.29 is 31.9 Å². The van der Waals surface area contributed by atoms with Crippen LogP contribution < -0.4 is 15.1 Å². The first-order valence-corrected chi connectivity index (χ1v) is 13.7. The lowest BCUT2D eigenvalue weighted by Gasteiger charge is -2.39. The van der Waals surface area contributed by atoms with Gasteiger partial charge in [-0.3, -0.25) is 24.2 Å². The third-order valence-electron chi connectivity index (χ3n) is 7.18. The van der Waals surface area contributed by atoms with Gasteiger partial charge in [0.2, 0.25) is 11.8 Å². The molecule has 1 N–H and O–H groups in total. The highest BCUT2D eigenvalue weighted by molar-refractivity contribution is 6.35. The number of hydrogen-bond donors (Lipinski definition) is 1. The third kappa shape index (κ3) is 6.28. The Labute approximate surface area is 252 Å². The van der Waals surface area contributed by atoms with Gasteiger partial charge in [0.15, 0.2) is 0 Å². The number of amides is 3. The second-order valence-electron chi connectivity index (χ2n) is 10.2. The van der Waals surface area contributed by atoms with Crippen molar-refractivity contribution in [3.05, 3.63) is 87.5 Å². The molecule has 3 aromatic rings. The molecule has 1 aromatic heterocycles. The summed E-state index contributed by atoms with van der Waals surface area (Å²) in [6, 6.07) is 6.81. The Bertz CT molecular complexity index is 1640. The number of halogens is 6. The second-order valence-corrected chi connectivity index (χ2v) is 11.1. The predicted molar refractivity (Wildman–Crippen MR) is 149 cm³/mol. The summed E-state index contributed by atoms with van der Waals surface area (Å²) in [5.41, 5.74) is -0.263. The lowest BCUT2D eigenvalue weighted by atomic mass is 9.87. The van der Waals surface area contributed by atoms with Crippen molar-refractivity contribution in [2.75, 3.05) is 9.80 Å². The first-order chi connectivity index (χ1) is 20.4. The molecule has 3 amide bonds. The summed E-state index contributed by atoms with van der Waals surface area (Å²) in [5, 5.41) is 11.9. The summed E-state index contributed by atoms with van der Waals surface area (Å²) in [7, 11) is 0. The fraction of sp³-hybridized carbons (Fsp3) is 0.276. The maximum atomic E-state index is 14.6. The fourth-order valence-corrected chi connectivity index (χ4v) is 5.74. The zero-order valence-corrected chi connectivity index (χ0v) is 23.5. The number of carbonyl (C=O) groups is 3. The number of nitrogens with zero attached hydrogens (tertiary/aromatic N) is 4. The molecule has 1 saturated carbocycles. The Morgan fingerprint density at radius 1 is 1.09 bits per heavy atom. The SMILES string of the molecule is N#Cc1ccnc(N2C(=O)CCC2C(=O)N(c2cc(F)cc(F)c2)C(C(=O)NC2CC(F)(F)C2)c2ccc(Cl)cc2Cl)c1. The van der Waals surface area contributed by atoms with E-state index in [0.29, 0.717) is 6.07 Å². The van der Waals surface area contributed by atoms with Gasteiger partial charge >= 0.3 is 0 Å². The summed E-state index contributed by atoms with van der Waals surface area (Å²) in [4.78, 5) is 47.3. The number of alkyl halides is 2. The van der Waals surface area contributed by atoms with Gasteiger partial charge in [0.25, 0.3) is 11.8 Å². The highest BCUT2D eigenvalue weighted by Gasteiger charge is 2.48. The van der Waals surface area contributed by atoms with E-state index in [9.17, 15) is 37.2 Å². The summed E-state index contributed by atoms with van der Waals surface area (Å²) >= 11 is 12.5. The van der Waals surface area contributed by atoms with Crippen LogP contribution in [0, 0.1) is 23.0 Å². The van der Waals surface area contributed by atoms with Crippen molar-refractivity contribution in [1.29, 1.82) is 5.26 Å². The minimum atomic E-state index is -2.98. The van der Waals surface area contributed by atoms with Gasteiger partial charge < -0.3 is 5.32 Å². The minimum absolute atomic E-state index is 0.0202. The largest absolute Gasteiger partial charge is 0.351 e. The first kappa shape index (κ1) is 30.3. The van der Waals surface area contributed by atoms with Crippen LogP contribution in [0.5, 0.6) is 0 Å². The van der Waals surface area contributed by atoms with Gasteiger partial charge in [-0.25, -0.2) is 22.5 Å². The molecule has 5 rings (SSSR count). The smallest absolute Gasteiger partial charge is 0.252 e. The molecule has 0 radical (unpaired) electrons. The molecule has 1 aliphatic carbocycles. The van der Waals surface area contributed by atoms with E-state index in [1.807, 2.05) is 6.07 Å². The molecule has 0 spiro atoms. The molecular weight excluding hydrogens is 613 g/mol. The van der Waals surface area contributed by atoms with Crippen LogP contribution in [0.3, 0.4) is 0 Å². The molecule has 2 aromatic carbocycles. The average Bonchev–Trinajstić information content (AvgIpc) is 3.31. The lowest BCUT2D eigenvalue weighted by molar-refractivity contribution is -0.133. The maximum Gasteiger partial charge on any atom is 0.252 e. The number of hydrogen-bond acceptors (Lipinski definition) is 5. The van der Waals surface area contributed by atoms with E-state index < -0.39 is 71.9 Å². The predicted octanol–water partition coefficient (Wildman–Crippen LogP) is 5.72. The topological polar surface area (TPSA) is 106 Å². The van der Waals surface area contributed by atoms with Gasteiger partial charge in [-0.15, -0.1) is 0 Å². The summed E-state index contributed by atoms with van der Waals surface area (Å²) in [5.74, 6) is -7.57. The number of aromatic nitrogens is 1. The number of pyridine rings is 1. The maximum absolute atomic E-state index is 14.6. The van der Waals surface area contributed by atoms with E-state index in [1.54, 1.807) is 0 Å². The zero-order chi connectivity index (χ0) is 31.1. The molecule has 1 aliphatic heterocycles. The molecule has 8 nitrogen and oxygen atoms in total. The van der Waals surface area contributed by atoms with Crippen LogP contribution in [-0.2, 0) is 14.4 Å². The highest BCUT2D eigenvalue weighted by atomic mass is 35.5. The van der Waals surface area contributed by atoms with Crippen molar-refractivity contribution >= 4 is 52.4 Å². The van der Waals surface area contributed by atoms with Crippen molar-refractivity contribution in [1.82, 2.24) is 10.3 Å². The van der Waals surface area contributed by atoms with E-state index in [4.69, 9.17) is 23.2 Å². The van der Waals surface area contributed by atoms with Crippen molar-refractivity contribution in [2.45, 2.75) is 49.7 Å². The van der Waals surface area contributed by atoms with Crippen LogP contribution in [0.4, 0.5) is 29.1 Å². The fourth-order valence-electron chi connectivity index (χ4n) is 5.23. The van der Waals surface area contributed by atoms with E-state index in [0.717, 1.165) is 21.9 Å². The van der Waals surface area contributed by atoms with E-state index in [2.05, 4.69) is 10.3 Å². The lowest BCUT2D eigenvalue weighted by Crippen LogP contribution is -2.56. The van der Waals surface area contributed by atoms with Crippen LogP contribution in [0.2, 0.25) is 10.0 Å². The van der Waals surface area contributed by atoms with Gasteiger partial charge in [-0.2, -0.15) is 5.26 Å². The first-order valence-electron chi connectivity index (χ1n) is 13.0. The third-order valence-corrected chi connectivity index (χ3v) is 7.74. The molecule has 222 valence electrons. The molecule has 2 atom stereocenters. The van der Waals surface area contributed by atoms with Gasteiger partial charge in [0.1, 0.15) is 29.5 Å². The molecule has 0 bridgehead atoms. The number of benzene rings is 2. The van der Waals surface area contributed by atoms with Crippen LogP contribution in [0.25, 0.3) is 0 Å². The van der Waals surface area contributed by atoms with Crippen LogP contribution >= 0.6 is 23.2 Å². The van der Waals surface area contributed by atoms with Gasteiger partial charge in [0.05, 0.1) is 17.3 Å². The highest BCUT2D eigenvalue weighted by Crippen LogP contribution is 2.40. The summed E-state index contributed by atoms with van der Waals surface area (Å²) in [6.45, 7) is 0. The number of carbonyl (C=O) groups excluding carboxylic acids is 3. The molecule has 43 heavy (non-hydrogen) atoms. The second kappa shape index (κ2) is 11.8. The van der Waals surface area contributed by atoms with Gasteiger partial charge in [-0.05, 0) is 42.8 Å². The average molecular weight is 634 g/mol. The standard InChI is InChI=1S/C29H21Cl2F4N5O3/c30-16-1-2-21(22(31)8-16)26(27(42)38-19-12-29(34,35)13-19)39(20-10-17(32)9-18(33)11-20)28(43)23-3-4-25(41)40(23)24-7-15(14-36)5-6-37-24/h1-2,5-11,19,23,26H,3-4,12-13H2,(H,38,42). The molecule has 14 heteroatoms. The van der Waals surface area contributed by atoms with Gasteiger partial charge in [0, 0.05) is 53.2 Å². The Morgan fingerprint density at radius 2 is 1.79 bits per heavy atom.